The van der Waals surface area contributed by atoms with Crippen LogP contribution in [0.25, 0.3) is 0 Å². The number of hydrogen-bond donors (Lipinski definition) is 1. The fourth-order valence-corrected chi connectivity index (χ4v) is 3.02. The molecule has 0 radical (unpaired) electrons. The van der Waals surface area contributed by atoms with Gasteiger partial charge in [-0.05, 0) is 43.9 Å². The molecular weight excluding hydrogens is 240 g/mol. The molecule has 3 heteroatoms. The first-order chi connectivity index (χ1) is 9.17. The molecule has 1 saturated heterocycles. The first-order valence-electron chi connectivity index (χ1n) is 7.26. The van der Waals surface area contributed by atoms with Gasteiger partial charge in [-0.2, -0.15) is 0 Å². The van der Waals surface area contributed by atoms with Crippen LogP contribution in [0.15, 0.2) is 24.3 Å². The molecule has 2 fully saturated rings. The summed E-state index contributed by atoms with van der Waals surface area (Å²) < 4.78 is 12.0. The van der Waals surface area contributed by atoms with Gasteiger partial charge in [0.05, 0.1) is 18.3 Å². The molecule has 1 aromatic rings. The van der Waals surface area contributed by atoms with Gasteiger partial charge in [0.15, 0.2) is 0 Å². The van der Waals surface area contributed by atoms with Gasteiger partial charge in [0.1, 0.15) is 11.9 Å². The molecule has 1 unspecified atom stereocenters. The number of aliphatic hydroxyl groups is 1. The van der Waals surface area contributed by atoms with E-state index >= 15 is 0 Å². The van der Waals surface area contributed by atoms with E-state index < -0.39 is 6.10 Å². The molecule has 0 amide bonds. The van der Waals surface area contributed by atoms with E-state index in [2.05, 4.69) is 0 Å². The van der Waals surface area contributed by atoms with Crippen molar-refractivity contribution in [3.63, 3.8) is 0 Å². The molecular formula is C16H22O3. The predicted octanol–water partition coefficient (Wildman–Crippen LogP) is 3.22. The second-order valence-corrected chi connectivity index (χ2v) is 5.86. The van der Waals surface area contributed by atoms with Gasteiger partial charge >= 0.3 is 0 Å². The molecule has 1 N–H and O–H groups in total. The van der Waals surface area contributed by atoms with Crippen molar-refractivity contribution in [2.24, 2.45) is 0 Å². The molecule has 2 atom stereocenters. The van der Waals surface area contributed by atoms with Crippen LogP contribution < -0.4 is 4.74 Å². The van der Waals surface area contributed by atoms with Crippen LogP contribution in [0.2, 0.25) is 0 Å². The van der Waals surface area contributed by atoms with Crippen LogP contribution in [0.1, 0.15) is 50.7 Å². The van der Waals surface area contributed by atoms with E-state index in [1.54, 1.807) is 6.92 Å². The zero-order valence-corrected chi connectivity index (χ0v) is 11.5. The van der Waals surface area contributed by atoms with Gasteiger partial charge in [0, 0.05) is 12.8 Å². The Morgan fingerprint density at radius 2 is 2.05 bits per heavy atom. The summed E-state index contributed by atoms with van der Waals surface area (Å²) in [6, 6.07) is 7.76. The largest absolute Gasteiger partial charge is 0.490 e. The maximum Gasteiger partial charge on any atom is 0.119 e. The van der Waals surface area contributed by atoms with Crippen LogP contribution in [0.3, 0.4) is 0 Å². The van der Waals surface area contributed by atoms with Crippen LogP contribution >= 0.6 is 0 Å². The van der Waals surface area contributed by atoms with Crippen molar-refractivity contribution in [3.05, 3.63) is 29.8 Å². The standard InChI is InChI=1S/C16H22O3/c1-12(17)13-3-5-14(6-4-13)19-15-7-10-18-16(11-15)8-2-9-16/h3-6,12,15,17H,2,7-11H2,1H3/t12-,15?/m1/s1. The molecule has 104 valence electrons. The fraction of sp³-hybridized carbons (Fsp3) is 0.625. The summed E-state index contributed by atoms with van der Waals surface area (Å²) in [5, 5.41) is 9.49. The van der Waals surface area contributed by atoms with E-state index in [0.717, 1.165) is 30.8 Å². The van der Waals surface area contributed by atoms with E-state index in [1.807, 2.05) is 24.3 Å². The lowest BCUT2D eigenvalue weighted by molar-refractivity contribution is -0.153. The maximum atomic E-state index is 9.49. The Hall–Kier alpha value is -1.06. The number of hydrogen-bond acceptors (Lipinski definition) is 3. The van der Waals surface area contributed by atoms with Crippen LogP contribution in [0.5, 0.6) is 5.75 Å². The van der Waals surface area contributed by atoms with Crippen molar-refractivity contribution in [2.75, 3.05) is 6.61 Å². The van der Waals surface area contributed by atoms with Crippen molar-refractivity contribution >= 4 is 0 Å². The van der Waals surface area contributed by atoms with Crippen molar-refractivity contribution in [1.29, 1.82) is 0 Å². The van der Waals surface area contributed by atoms with E-state index in [0.29, 0.717) is 0 Å². The third-order valence-electron chi connectivity index (χ3n) is 4.38. The fourth-order valence-electron chi connectivity index (χ4n) is 3.02. The normalized spacial score (nSPS) is 26.7. The summed E-state index contributed by atoms with van der Waals surface area (Å²) >= 11 is 0. The molecule has 1 aromatic carbocycles. The quantitative estimate of drug-likeness (QED) is 0.909. The van der Waals surface area contributed by atoms with Gasteiger partial charge in [-0.3, -0.25) is 0 Å². The van der Waals surface area contributed by atoms with Crippen molar-refractivity contribution in [3.8, 4) is 5.75 Å². The Balaban J connectivity index is 1.61. The van der Waals surface area contributed by atoms with Crippen LogP contribution in [0.4, 0.5) is 0 Å². The summed E-state index contributed by atoms with van der Waals surface area (Å²) in [6.07, 6.45) is 5.50. The molecule has 19 heavy (non-hydrogen) atoms. The molecule has 2 aliphatic rings. The Kier molecular flexibility index (Phi) is 3.50. The van der Waals surface area contributed by atoms with Gasteiger partial charge in [-0.25, -0.2) is 0 Å². The molecule has 3 rings (SSSR count). The number of rotatable bonds is 3. The third kappa shape index (κ3) is 2.77. The van der Waals surface area contributed by atoms with Gasteiger partial charge in [-0.1, -0.05) is 12.1 Å². The predicted molar refractivity (Wildman–Crippen MR) is 73.3 cm³/mol. The number of benzene rings is 1. The summed E-state index contributed by atoms with van der Waals surface area (Å²) in [7, 11) is 0. The van der Waals surface area contributed by atoms with Crippen molar-refractivity contribution in [1.82, 2.24) is 0 Å². The van der Waals surface area contributed by atoms with Gasteiger partial charge < -0.3 is 14.6 Å². The summed E-state index contributed by atoms with van der Waals surface area (Å²) in [5.41, 5.74) is 1.05. The summed E-state index contributed by atoms with van der Waals surface area (Å²) in [6.45, 7) is 2.59. The summed E-state index contributed by atoms with van der Waals surface area (Å²) in [4.78, 5) is 0. The highest BCUT2D eigenvalue weighted by atomic mass is 16.5. The molecule has 0 bridgehead atoms. The van der Waals surface area contributed by atoms with E-state index in [9.17, 15) is 5.11 Å². The second-order valence-electron chi connectivity index (χ2n) is 5.86. The third-order valence-corrected chi connectivity index (χ3v) is 4.38. The molecule has 1 saturated carbocycles. The molecule has 1 heterocycles. The first kappa shape index (κ1) is 12.9. The number of aliphatic hydroxyl groups excluding tert-OH is 1. The Morgan fingerprint density at radius 1 is 1.32 bits per heavy atom. The molecule has 1 aliphatic heterocycles. The van der Waals surface area contributed by atoms with Gasteiger partial charge in [-0.15, -0.1) is 0 Å². The minimum Gasteiger partial charge on any atom is -0.490 e. The zero-order valence-electron chi connectivity index (χ0n) is 11.5. The zero-order chi connectivity index (χ0) is 13.3. The minimum atomic E-state index is -0.421. The first-order valence-corrected chi connectivity index (χ1v) is 7.26. The van der Waals surface area contributed by atoms with E-state index in [4.69, 9.17) is 9.47 Å². The van der Waals surface area contributed by atoms with Crippen LogP contribution in [-0.2, 0) is 4.74 Å². The lowest BCUT2D eigenvalue weighted by atomic mass is 9.74. The number of ether oxygens (including phenoxy) is 2. The lowest BCUT2D eigenvalue weighted by Gasteiger charge is -2.46. The molecule has 1 spiro atoms. The van der Waals surface area contributed by atoms with E-state index in [1.165, 1.54) is 19.3 Å². The second kappa shape index (κ2) is 5.14. The molecule has 1 aliphatic carbocycles. The molecule has 3 nitrogen and oxygen atoms in total. The maximum absolute atomic E-state index is 9.49. The highest BCUT2D eigenvalue weighted by molar-refractivity contribution is 5.28. The Labute approximate surface area is 114 Å². The monoisotopic (exact) mass is 262 g/mol. The lowest BCUT2D eigenvalue weighted by Crippen LogP contribution is -2.48. The average Bonchev–Trinajstić information content (AvgIpc) is 2.38. The summed E-state index contributed by atoms with van der Waals surface area (Å²) in [5.74, 6) is 0.894. The van der Waals surface area contributed by atoms with Gasteiger partial charge in [0.2, 0.25) is 0 Å². The smallest absolute Gasteiger partial charge is 0.119 e. The average molecular weight is 262 g/mol. The van der Waals surface area contributed by atoms with E-state index in [-0.39, 0.29) is 11.7 Å². The Bertz CT molecular complexity index is 420. The van der Waals surface area contributed by atoms with Crippen LogP contribution in [0, 0.1) is 0 Å². The minimum absolute atomic E-state index is 0.127. The molecule has 0 aromatic heterocycles. The SMILES string of the molecule is C[C@@H](O)c1ccc(OC2CCOC3(CCC3)C2)cc1. The highest BCUT2D eigenvalue weighted by Crippen LogP contribution is 2.43. The Morgan fingerprint density at radius 3 is 2.63 bits per heavy atom. The highest BCUT2D eigenvalue weighted by Gasteiger charge is 2.43. The topological polar surface area (TPSA) is 38.7 Å². The van der Waals surface area contributed by atoms with Gasteiger partial charge in [0.25, 0.3) is 0 Å². The van der Waals surface area contributed by atoms with Crippen molar-refractivity contribution < 1.29 is 14.6 Å². The van der Waals surface area contributed by atoms with Crippen LogP contribution in [-0.4, -0.2) is 23.4 Å². The van der Waals surface area contributed by atoms with Crippen molar-refractivity contribution in [2.45, 2.75) is 56.8 Å².